The van der Waals surface area contributed by atoms with Gasteiger partial charge in [0.1, 0.15) is 12.3 Å². The van der Waals surface area contributed by atoms with Gasteiger partial charge in [-0.05, 0) is 43.0 Å². The van der Waals surface area contributed by atoms with Crippen LogP contribution >= 0.6 is 11.8 Å². The van der Waals surface area contributed by atoms with Gasteiger partial charge in [-0.25, -0.2) is 14.8 Å². The first kappa shape index (κ1) is 22.5. The highest BCUT2D eigenvalue weighted by atomic mass is 32.2. The first-order valence-corrected chi connectivity index (χ1v) is 12.4. The molecular weight excluding hydrogens is 452 g/mol. The summed E-state index contributed by atoms with van der Waals surface area (Å²) in [7, 11) is 0. The van der Waals surface area contributed by atoms with Crippen LogP contribution in [0, 0.1) is 0 Å². The van der Waals surface area contributed by atoms with Crippen LogP contribution in [0.5, 0.6) is 0 Å². The standard InChI is InChI=1S/C25H26N4O4S/c30-23(17-34-24-26-11-8-21(27-24)22-7-4-14-32-22)28-12-9-19(10-13-28)29-20(16-33-25(29)31)15-18-5-2-1-3-6-18/h1-8,11,14,19-20H,9-10,12-13,15-17H2. The number of benzene rings is 1. The number of likely N-dealkylation sites (tertiary alicyclic amines) is 1. The third-order valence-corrected chi connectivity index (χ3v) is 7.11. The van der Waals surface area contributed by atoms with Crippen LogP contribution in [-0.4, -0.2) is 69.3 Å². The van der Waals surface area contributed by atoms with Gasteiger partial charge in [-0.1, -0.05) is 42.1 Å². The number of furan rings is 1. The van der Waals surface area contributed by atoms with E-state index in [-0.39, 0.29) is 29.8 Å². The maximum Gasteiger partial charge on any atom is 0.410 e. The van der Waals surface area contributed by atoms with Crippen molar-refractivity contribution >= 4 is 23.8 Å². The van der Waals surface area contributed by atoms with Crippen molar-refractivity contribution in [1.29, 1.82) is 0 Å². The summed E-state index contributed by atoms with van der Waals surface area (Å²) in [6.07, 6.45) is 5.31. The predicted molar refractivity (Wildman–Crippen MR) is 127 cm³/mol. The zero-order valence-corrected chi connectivity index (χ0v) is 19.5. The second kappa shape index (κ2) is 10.3. The average Bonchev–Trinajstić information content (AvgIpc) is 3.54. The Kier molecular flexibility index (Phi) is 6.80. The lowest BCUT2D eigenvalue weighted by molar-refractivity contribution is -0.129. The molecule has 0 saturated carbocycles. The number of nitrogens with zero attached hydrogens (tertiary/aromatic N) is 4. The zero-order chi connectivity index (χ0) is 23.3. The maximum atomic E-state index is 12.8. The fourth-order valence-corrected chi connectivity index (χ4v) is 5.28. The fraction of sp³-hybridized carbons (Fsp3) is 0.360. The summed E-state index contributed by atoms with van der Waals surface area (Å²) in [5.74, 6) is 0.998. The molecule has 8 nitrogen and oxygen atoms in total. The van der Waals surface area contributed by atoms with Crippen LogP contribution in [-0.2, 0) is 16.0 Å². The van der Waals surface area contributed by atoms with Crippen LogP contribution in [0.3, 0.4) is 0 Å². The van der Waals surface area contributed by atoms with Gasteiger partial charge in [0.15, 0.2) is 10.9 Å². The third-order valence-electron chi connectivity index (χ3n) is 6.26. The van der Waals surface area contributed by atoms with Crippen molar-refractivity contribution in [3.8, 4) is 11.5 Å². The Balaban J connectivity index is 1.13. The van der Waals surface area contributed by atoms with Gasteiger partial charge >= 0.3 is 6.09 Å². The van der Waals surface area contributed by atoms with Crippen LogP contribution in [0.2, 0.25) is 0 Å². The first-order chi connectivity index (χ1) is 16.7. The van der Waals surface area contributed by atoms with Crippen molar-refractivity contribution in [3.05, 3.63) is 66.6 Å². The van der Waals surface area contributed by atoms with Gasteiger partial charge in [-0.2, -0.15) is 0 Å². The molecule has 2 amide bonds. The Bertz CT molecular complexity index is 1120. The van der Waals surface area contributed by atoms with E-state index >= 15 is 0 Å². The second-order valence-corrected chi connectivity index (χ2v) is 9.37. The molecule has 0 N–H and O–H groups in total. The normalized spacial score (nSPS) is 18.8. The fourth-order valence-electron chi connectivity index (χ4n) is 4.54. The number of ether oxygens (including phenoxy) is 1. The molecule has 1 aromatic carbocycles. The molecule has 2 saturated heterocycles. The quantitative estimate of drug-likeness (QED) is 0.376. The predicted octanol–water partition coefficient (Wildman–Crippen LogP) is 3.88. The number of thioether (sulfide) groups is 1. The van der Waals surface area contributed by atoms with Gasteiger partial charge in [0, 0.05) is 25.3 Å². The number of hydrogen-bond donors (Lipinski definition) is 0. The number of piperidine rings is 1. The van der Waals surface area contributed by atoms with Crippen molar-refractivity contribution in [2.75, 3.05) is 25.4 Å². The minimum absolute atomic E-state index is 0.0382. The number of hydrogen-bond acceptors (Lipinski definition) is 7. The van der Waals surface area contributed by atoms with Crippen molar-refractivity contribution < 1.29 is 18.7 Å². The van der Waals surface area contributed by atoms with E-state index in [9.17, 15) is 9.59 Å². The average molecular weight is 479 g/mol. The monoisotopic (exact) mass is 478 g/mol. The molecule has 0 spiro atoms. The van der Waals surface area contributed by atoms with E-state index in [0.29, 0.717) is 36.3 Å². The van der Waals surface area contributed by atoms with Gasteiger partial charge in [-0.3, -0.25) is 9.69 Å². The van der Waals surface area contributed by atoms with E-state index < -0.39 is 0 Å². The van der Waals surface area contributed by atoms with Crippen LogP contribution in [0.25, 0.3) is 11.5 Å². The van der Waals surface area contributed by atoms with Crippen molar-refractivity contribution in [3.63, 3.8) is 0 Å². The summed E-state index contributed by atoms with van der Waals surface area (Å²) in [4.78, 5) is 37.8. The minimum Gasteiger partial charge on any atom is -0.463 e. The molecule has 2 aromatic heterocycles. The molecule has 3 aromatic rings. The maximum absolute atomic E-state index is 12.8. The molecule has 0 aliphatic carbocycles. The van der Waals surface area contributed by atoms with Crippen LogP contribution in [0.1, 0.15) is 18.4 Å². The Morgan fingerprint density at radius 2 is 1.91 bits per heavy atom. The lowest BCUT2D eigenvalue weighted by atomic mass is 9.99. The number of rotatable bonds is 7. The Labute approximate surface area is 202 Å². The largest absolute Gasteiger partial charge is 0.463 e. The summed E-state index contributed by atoms with van der Waals surface area (Å²) in [6, 6.07) is 15.7. The van der Waals surface area contributed by atoms with E-state index in [4.69, 9.17) is 9.15 Å². The van der Waals surface area contributed by atoms with Gasteiger partial charge in [0.05, 0.1) is 18.1 Å². The SMILES string of the molecule is O=C(CSc1nccc(-c2ccco2)n1)N1CCC(N2C(=O)OCC2Cc2ccccc2)CC1. The number of aromatic nitrogens is 2. The number of carbonyl (C=O) groups is 2. The summed E-state index contributed by atoms with van der Waals surface area (Å²) in [6.45, 7) is 1.67. The highest BCUT2D eigenvalue weighted by molar-refractivity contribution is 7.99. The Morgan fingerprint density at radius 1 is 1.09 bits per heavy atom. The molecule has 2 aliphatic heterocycles. The van der Waals surface area contributed by atoms with E-state index in [0.717, 1.165) is 19.3 Å². The van der Waals surface area contributed by atoms with E-state index in [1.165, 1.54) is 17.3 Å². The molecule has 1 unspecified atom stereocenters. The van der Waals surface area contributed by atoms with Crippen LogP contribution in [0.4, 0.5) is 4.79 Å². The van der Waals surface area contributed by atoms with E-state index in [2.05, 4.69) is 22.1 Å². The van der Waals surface area contributed by atoms with Crippen molar-refractivity contribution in [2.24, 2.45) is 0 Å². The third kappa shape index (κ3) is 5.09. The van der Waals surface area contributed by atoms with Crippen LogP contribution < -0.4 is 0 Å². The summed E-state index contributed by atoms with van der Waals surface area (Å²) >= 11 is 1.32. The van der Waals surface area contributed by atoms with Gasteiger partial charge in [0.25, 0.3) is 0 Å². The van der Waals surface area contributed by atoms with Gasteiger partial charge < -0.3 is 14.1 Å². The smallest absolute Gasteiger partial charge is 0.410 e. The second-order valence-electron chi connectivity index (χ2n) is 8.43. The minimum atomic E-state index is -0.241. The lowest BCUT2D eigenvalue weighted by Crippen LogP contribution is -2.50. The summed E-state index contributed by atoms with van der Waals surface area (Å²) < 4.78 is 10.8. The first-order valence-electron chi connectivity index (χ1n) is 11.4. The highest BCUT2D eigenvalue weighted by Gasteiger charge is 2.39. The number of cyclic esters (lactones) is 1. The summed E-state index contributed by atoms with van der Waals surface area (Å²) in [5, 5.41) is 0.542. The lowest BCUT2D eigenvalue weighted by Gasteiger charge is -2.37. The highest BCUT2D eigenvalue weighted by Crippen LogP contribution is 2.27. The molecule has 4 heterocycles. The van der Waals surface area contributed by atoms with Gasteiger partial charge in [-0.15, -0.1) is 0 Å². The van der Waals surface area contributed by atoms with Crippen molar-refractivity contribution in [1.82, 2.24) is 19.8 Å². The number of amides is 2. The zero-order valence-electron chi connectivity index (χ0n) is 18.7. The molecule has 0 bridgehead atoms. The molecule has 2 aliphatic rings. The van der Waals surface area contributed by atoms with Crippen molar-refractivity contribution in [2.45, 2.75) is 36.5 Å². The van der Waals surface area contributed by atoms with Crippen LogP contribution in [0.15, 0.2) is 70.6 Å². The molecule has 1 atom stereocenters. The van der Waals surface area contributed by atoms with E-state index in [1.54, 1.807) is 18.5 Å². The van der Waals surface area contributed by atoms with Gasteiger partial charge in [0.2, 0.25) is 5.91 Å². The Hall–Kier alpha value is -3.33. The molecule has 2 fully saturated rings. The van der Waals surface area contributed by atoms with E-state index in [1.807, 2.05) is 40.1 Å². The molecular formula is C25H26N4O4S. The molecule has 176 valence electrons. The summed E-state index contributed by atoms with van der Waals surface area (Å²) in [5.41, 5.74) is 1.89. The molecule has 0 radical (unpaired) electrons. The molecule has 9 heteroatoms. The molecule has 34 heavy (non-hydrogen) atoms. The number of carbonyl (C=O) groups excluding carboxylic acids is 2. The topological polar surface area (TPSA) is 88.8 Å². The molecule has 5 rings (SSSR count). The Morgan fingerprint density at radius 3 is 2.68 bits per heavy atom.